The molecule has 0 aromatic rings. The number of nitrogens with zero attached hydrogens (tertiary/aromatic N) is 2. The summed E-state index contributed by atoms with van der Waals surface area (Å²) in [4.78, 5) is 65.0. The lowest BCUT2D eigenvalue weighted by atomic mass is 10.1. The predicted octanol–water partition coefficient (Wildman–Crippen LogP) is -0.954. The van der Waals surface area contributed by atoms with E-state index >= 15 is 0 Å². The Morgan fingerprint density at radius 3 is 2.22 bits per heavy atom. The number of ether oxygens (including phenoxy) is 2. The summed E-state index contributed by atoms with van der Waals surface area (Å²) in [5.41, 5.74) is 0. The van der Waals surface area contributed by atoms with Crippen LogP contribution < -0.4 is 10.6 Å². The van der Waals surface area contributed by atoms with Gasteiger partial charge in [0, 0.05) is 26.2 Å². The van der Waals surface area contributed by atoms with Crippen molar-refractivity contribution in [3.05, 3.63) is 0 Å². The maximum atomic E-state index is 13.1. The third-order valence-corrected chi connectivity index (χ3v) is 5.20. The molecule has 0 bridgehead atoms. The monoisotopic (exact) mass is 454 g/mol. The van der Waals surface area contributed by atoms with Crippen LogP contribution in [0.1, 0.15) is 40.0 Å². The average molecular weight is 455 g/mol. The van der Waals surface area contributed by atoms with Crippen molar-refractivity contribution in [2.24, 2.45) is 5.92 Å². The minimum absolute atomic E-state index is 0.149. The van der Waals surface area contributed by atoms with E-state index in [-0.39, 0.29) is 63.4 Å². The molecule has 2 atom stereocenters. The lowest BCUT2D eigenvalue weighted by molar-refractivity contribution is -0.154. The molecule has 32 heavy (non-hydrogen) atoms. The number of hydrogen-bond donors (Lipinski definition) is 2. The molecule has 2 fully saturated rings. The Kier molecular flexibility index (Phi) is 9.89. The average Bonchev–Trinajstić information content (AvgIpc) is 2.74. The van der Waals surface area contributed by atoms with Gasteiger partial charge in [-0.3, -0.25) is 28.9 Å². The van der Waals surface area contributed by atoms with Gasteiger partial charge < -0.3 is 25.0 Å². The van der Waals surface area contributed by atoms with Gasteiger partial charge in [0.05, 0.1) is 32.6 Å². The molecule has 2 aliphatic rings. The van der Waals surface area contributed by atoms with Gasteiger partial charge in [0.25, 0.3) is 0 Å². The van der Waals surface area contributed by atoms with E-state index in [0.29, 0.717) is 19.5 Å². The molecule has 0 aliphatic carbocycles. The van der Waals surface area contributed by atoms with Gasteiger partial charge in [-0.2, -0.15) is 0 Å². The maximum Gasteiger partial charge on any atom is 0.308 e. The van der Waals surface area contributed by atoms with Crippen LogP contribution in [-0.2, 0) is 33.4 Å². The molecule has 0 aromatic carbocycles. The zero-order valence-electron chi connectivity index (χ0n) is 19.1. The molecular weight excluding hydrogens is 420 g/mol. The van der Waals surface area contributed by atoms with Crippen LogP contribution in [0, 0.1) is 5.92 Å². The summed E-state index contributed by atoms with van der Waals surface area (Å²) in [6.45, 7) is 7.27. The molecule has 0 spiro atoms. The number of carbonyl (C=O) groups excluding carboxylic acids is 5. The molecule has 2 unspecified atom stereocenters. The van der Waals surface area contributed by atoms with E-state index in [1.807, 2.05) is 20.8 Å². The summed E-state index contributed by atoms with van der Waals surface area (Å²) in [5.74, 6) is -2.04. The second kappa shape index (κ2) is 12.4. The van der Waals surface area contributed by atoms with Crippen LogP contribution >= 0.6 is 0 Å². The smallest absolute Gasteiger partial charge is 0.308 e. The van der Waals surface area contributed by atoms with E-state index in [9.17, 15) is 24.0 Å². The fraction of sp³-hybridized carbons (Fsp3) is 0.762. The van der Waals surface area contributed by atoms with Gasteiger partial charge in [0.15, 0.2) is 0 Å². The van der Waals surface area contributed by atoms with Gasteiger partial charge in [0.1, 0.15) is 12.1 Å². The molecule has 2 N–H and O–H groups in total. The molecule has 0 aromatic heterocycles. The van der Waals surface area contributed by atoms with E-state index in [2.05, 4.69) is 10.6 Å². The first-order valence-electron chi connectivity index (χ1n) is 11.1. The fourth-order valence-electron chi connectivity index (χ4n) is 3.56. The Morgan fingerprint density at radius 1 is 0.969 bits per heavy atom. The van der Waals surface area contributed by atoms with Gasteiger partial charge in [0.2, 0.25) is 17.7 Å². The van der Waals surface area contributed by atoms with Crippen molar-refractivity contribution >= 4 is 29.7 Å². The molecule has 2 rings (SSSR count). The normalized spacial score (nSPS) is 21.7. The van der Waals surface area contributed by atoms with Gasteiger partial charge in [-0.1, -0.05) is 20.8 Å². The Hall–Kier alpha value is -2.69. The molecule has 180 valence electrons. The highest BCUT2D eigenvalue weighted by Gasteiger charge is 2.38. The van der Waals surface area contributed by atoms with Crippen LogP contribution in [0.25, 0.3) is 0 Å². The van der Waals surface area contributed by atoms with Crippen LogP contribution in [0.15, 0.2) is 0 Å². The van der Waals surface area contributed by atoms with Crippen molar-refractivity contribution < 1.29 is 33.4 Å². The van der Waals surface area contributed by atoms with E-state index in [1.54, 1.807) is 4.90 Å². The maximum absolute atomic E-state index is 13.1. The predicted molar refractivity (Wildman–Crippen MR) is 113 cm³/mol. The van der Waals surface area contributed by atoms with Gasteiger partial charge >= 0.3 is 11.9 Å². The lowest BCUT2D eigenvalue weighted by Crippen LogP contribution is -2.62. The third-order valence-electron chi connectivity index (χ3n) is 5.20. The van der Waals surface area contributed by atoms with Crippen molar-refractivity contribution in [2.75, 3.05) is 45.9 Å². The van der Waals surface area contributed by atoms with Crippen molar-refractivity contribution in [2.45, 2.75) is 52.1 Å². The minimum Gasteiger partial charge on any atom is -0.466 e. The SMILES string of the molecule is CCCOC(=O)CC1C(=O)NCCN1CC(=O)N1CCNC(=O)C1CC(=O)OCC(C)C. The zero-order valence-corrected chi connectivity index (χ0v) is 19.1. The second-order valence-electron chi connectivity index (χ2n) is 8.38. The number of amides is 3. The highest BCUT2D eigenvalue weighted by Crippen LogP contribution is 2.15. The Bertz CT molecular complexity index is 712. The van der Waals surface area contributed by atoms with E-state index in [4.69, 9.17) is 9.47 Å². The summed E-state index contributed by atoms with van der Waals surface area (Å²) in [5, 5.41) is 5.38. The van der Waals surface area contributed by atoms with E-state index in [1.165, 1.54) is 4.90 Å². The van der Waals surface area contributed by atoms with Crippen molar-refractivity contribution in [1.29, 1.82) is 0 Å². The second-order valence-corrected chi connectivity index (χ2v) is 8.38. The number of rotatable bonds is 10. The Labute approximate surface area is 188 Å². The summed E-state index contributed by atoms with van der Waals surface area (Å²) in [6, 6.07) is -1.80. The zero-order chi connectivity index (χ0) is 23.7. The summed E-state index contributed by atoms with van der Waals surface area (Å²) >= 11 is 0. The van der Waals surface area contributed by atoms with Gasteiger partial charge in [-0.15, -0.1) is 0 Å². The third kappa shape index (κ3) is 7.47. The van der Waals surface area contributed by atoms with Crippen molar-refractivity contribution in [3.8, 4) is 0 Å². The van der Waals surface area contributed by atoms with Crippen molar-refractivity contribution in [3.63, 3.8) is 0 Å². The van der Waals surface area contributed by atoms with Crippen molar-refractivity contribution in [1.82, 2.24) is 20.4 Å². The molecule has 0 saturated carbocycles. The first kappa shape index (κ1) is 25.6. The lowest BCUT2D eigenvalue weighted by Gasteiger charge is -2.38. The molecule has 0 radical (unpaired) electrons. The first-order valence-corrected chi connectivity index (χ1v) is 11.1. The number of esters is 2. The van der Waals surface area contributed by atoms with Crippen LogP contribution in [0.4, 0.5) is 0 Å². The standard InChI is InChI=1S/C21H34N4O7/c1-4-9-31-18(27)10-15-20(29)22-5-7-24(15)12-17(26)25-8-6-23-21(30)16(25)11-19(28)32-13-14(2)3/h14-16H,4-13H2,1-3H3,(H,22,29)(H,23,30). The molecule has 11 nitrogen and oxygen atoms in total. The summed E-state index contributed by atoms with van der Waals surface area (Å²) in [6.07, 6.45) is 0.269. The highest BCUT2D eigenvalue weighted by molar-refractivity contribution is 5.93. The molecule has 2 saturated heterocycles. The fourth-order valence-corrected chi connectivity index (χ4v) is 3.56. The highest BCUT2D eigenvalue weighted by atomic mass is 16.5. The Morgan fingerprint density at radius 2 is 1.56 bits per heavy atom. The van der Waals surface area contributed by atoms with Crippen LogP contribution in [0.5, 0.6) is 0 Å². The number of piperazine rings is 2. The summed E-state index contributed by atoms with van der Waals surface area (Å²) in [7, 11) is 0. The quantitative estimate of drug-likeness (QED) is 0.404. The molecule has 11 heteroatoms. The summed E-state index contributed by atoms with van der Waals surface area (Å²) < 4.78 is 10.2. The number of nitrogens with one attached hydrogen (secondary N) is 2. The number of hydrogen-bond acceptors (Lipinski definition) is 8. The van der Waals surface area contributed by atoms with Crippen LogP contribution in [0.2, 0.25) is 0 Å². The molecule has 3 amide bonds. The first-order chi connectivity index (χ1) is 15.2. The topological polar surface area (TPSA) is 134 Å². The Balaban J connectivity index is 2.04. The van der Waals surface area contributed by atoms with Gasteiger partial charge in [-0.05, 0) is 12.3 Å². The van der Waals surface area contributed by atoms with Gasteiger partial charge in [-0.25, -0.2) is 0 Å². The van der Waals surface area contributed by atoms with Crippen LogP contribution in [-0.4, -0.2) is 97.5 Å². The van der Waals surface area contributed by atoms with E-state index < -0.39 is 29.9 Å². The molecular formula is C21H34N4O7. The minimum atomic E-state index is -0.970. The largest absolute Gasteiger partial charge is 0.466 e. The molecule has 2 heterocycles. The van der Waals surface area contributed by atoms with E-state index in [0.717, 1.165) is 0 Å². The molecule has 2 aliphatic heterocycles. The number of carbonyl (C=O) groups is 5. The van der Waals surface area contributed by atoms with Crippen LogP contribution in [0.3, 0.4) is 0 Å².